The van der Waals surface area contributed by atoms with Crippen LogP contribution in [-0.4, -0.2) is 30.5 Å². The summed E-state index contributed by atoms with van der Waals surface area (Å²) in [5.41, 5.74) is -1.62. The Morgan fingerprint density at radius 1 is 1.33 bits per heavy atom. The Kier molecular flexibility index (Phi) is 5.99. The van der Waals surface area contributed by atoms with Gasteiger partial charge in [-0.3, -0.25) is 4.79 Å². The largest absolute Gasteiger partial charge is 0.417 e. The molecule has 1 amide bonds. The number of pyridine rings is 1. The zero-order valence-corrected chi connectivity index (χ0v) is 18.7. The fourth-order valence-electron chi connectivity index (χ4n) is 5.11. The van der Waals surface area contributed by atoms with Crippen molar-refractivity contribution >= 4 is 29.0 Å². The second kappa shape index (κ2) is 8.49. The van der Waals surface area contributed by atoms with Crippen LogP contribution in [0.15, 0.2) is 24.3 Å². The zero-order valence-electron chi connectivity index (χ0n) is 18.0. The molecule has 1 saturated carbocycles. The summed E-state index contributed by atoms with van der Waals surface area (Å²) >= 11 is 5.88. The number of aromatic nitrogens is 1. The van der Waals surface area contributed by atoms with Crippen molar-refractivity contribution in [3.63, 3.8) is 0 Å². The summed E-state index contributed by atoms with van der Waals surface area (Å²) in [5, 5.41) is 9.48. The van der Waals surface area contributed by atoms with Gasteiger partial charge in [0.05, 0.1) is 16.3 Å². The molecule has 0 bridgehead atoms. The number of likely N-dealkylation sites (N-methyl/N-ethyl adjacent to an activating group) is 1. The highest BCUT2D eigenvalue weighted by molar-refractivity contribution is 6.31. The molecule has 1 aliphatic heterocycles. The minimum absolute atomic E-state index is 0.0254. The van der Waals surface area contributed by atoms with E-state index in [2.05, 4.69) is 4.98 Å². The van der Waals surface area contributed by atoms with Crippen LogP contribution in [0.2, 0.25) is 5.02 Å². The average Bonchev–Trinajstić information content (AvgIpc) is 3.34. The van der Waals surface area contributed by atoms with E-state index in [-0.39, 0.29) is 34.1 Å². The van der Waals surface area contributed by atoms with E-state index in [0.717, 1.165) is 23.8 Å². The van der Waals surface area contributed by atoms with Crippen LogP contribution in [0.25, 0.3) is 0 Å². The quantitative estimate of drug-likeness (QED) is 0.556. The van der Waals surface area contributed by atoms with Gasteiger partial charge >= 0.3 is 6.18 Å². The number of fused-ring (bicyclic) bond motifs is 1. The number of aryl methyl sites for hydroxylation is 1. The van der Waals surface area contributed by atoms with Crippen LogP contribution in [-0.2, 0) is 11.0 Å². The van der Waals surface area contributed by atoms with E-state index >= 15 is 0 Å². The van der Waals surface area contributed by atoms with Crippen molar-refractivity contribution in [3.05, 3.63) is 51.9 Å². The topological polar surface area (TPSA) is 60.2 Å². The fourth-order valence-corrected chi connectivity index (χ4v) is 5.28. The van der Waals surface area contributed by atoms with Crippen molar-refractivity contribution in [3.8, 4) is 6.07 Å². The Morgan fingerprint density at radius 3 is 2.73 bits per heavy atom. The number of rotatable bonds is 3. The molecule has 33 heavy (non-hydrogen) atoms. The van der Waals surface area contributed by atoms with Crippen LogP contribution in [0.5, 0.6) is 0 Å². The third-order valence-electron chi connectivity index (χ3n) is 6.58. The van der Waals surface area contributed by atoms with Gasteiger partial charge in [-0.05, 0) is 49.8 Å². The molecule has 2 heterocycles. The number of nitrogens with zero attached hydrogens (tertiary/aromatic N) is 4. The van der Waals surface area contributed by atoms with Gasteiger partial charge in [0, 0.05) is 19.3 Å². The Labute approximate surface area is 193 Å². The van der Waals surface area contributed by atoms with Gasteiger partial charge in [-0.2, -0.15) is 18.4 Å². The van der Waals surface area contributed by atoms with Crippen LogP contribution in [0, 0.1) is 35.9 Å². The lowest BCUT2D eigenvalue weighted by molar-refractivity contribution is -0.137. The Hall–Kier alpha value is -2.86. The molecule has 1 aliphatic carbocycles. The number of amides is 1. The highest BCUT2D eigenvalue weighted by Gasteiger charge is 2.50. The van der Waals surface area contributed by atoms with Gasteiger partial charge in [0.1, 0.15) is 23.5 Å². The summed E-state index contributed by atoms with van der Waals surface area (Å²) in [4.78, 5) is 20.6. The number of carbonyl (C=O) groups excluding carboxylic acids is 1. The summed E-state index contributed by atoms with van der Waals surface area (Å²) < 4.78 is 55.6. The fraction of sp³-hybridized carbons (Fsp3) is 0.435. The maximum absolute atomic E-state index is 14.6. The third-order valence-corrected chi connectivity index (χ3v) is 6.88. The second-order valence-electron chi connectivity index (χ2n) is 8.54. The van der Waals surface area contributed by atoms with E-state index in [9.17, 15) is 27.6 Å². The maximum Gasteiger partial charge on any atom is 0.417 e. The van der Waals surface area contributed by atoms with Gasteiger partial charge in [0.2, 0.25) is 5.91 Å². The molecule has 2 fully saturated rings. The molecule has 1 aromatic carbocycles. The average molecular weight is 481 g/mol. The van der Waals surface area contributed by atoms with E-state index in [1.807, 2.05) is 0 Å². The van der Waals surface area contributed by atoms with Gasteiger partial charge < -0.3 is 9.80 Å². The van der Waals surface area contributed by atoms with E-state index in [1.165, 1.54) is 37.1 Å². The van der Waals surface area contributed by atoms with E-state index in [0.29, 0.717) is 13.0 Å². The Bertz CT molecular complexity index is 1150. The number of alkyl halides is 3. The second-order valence-corrected chi connectivity index (χ2v) is 8.95. The standard InChI is InChI=1S/C23H21ClF4N4O/c1-12-9-16(23(26,27)28)15(10-29)21(30-12)32-11-13-5-3-6-14(13)20(32)22(33)31(2)18-8-4-7-17(24)19(18)25/h4,7-9,13-14,20H,3,5-6,11H2,1-2H3/t13-,14-,20-/m0/s1. The van der Waals surface area contributed by atoms with Crippen LogP contribution in [0.3, 0.4) is 0 Å². The lowest BCUT2D eigenvalue weighted by Gasteiger charge is -2.32. The summed E-state index contributed by atoms with van der Waals surface area (Å²) in [7, 11) is 1.41. The molecule has 2 aromatic rings. The smallest absolute Gasteiger partial charge is 0.343 e. The van der Waals surface area contributed by atoms with E-state index in [1.54, 1.807) is 6.07 Å². The molecule has 0 N–H and O–H groups in total. The Morgan fingerprint density at radius 2 is 2.06 bits per heavy atom. The molecule has 2 aliphatic rings. The lowest BCUT2D eigenvalue weighted by Crippen LogP contribution is -2.48. The molecule has 0 spiro atoms. The number of hydrogen-bond donors (Lipinski definition) is 0. The van der Waals surface area contributed by atoms with Gasteiger partial charge in [-0.15, -0.1) is 0 Å². The monoisotopic (exact) mass is 480 g/mol. The number of nitriles is 1. The molecule has 5 nitrogen and oxygen atoms in total. The molecule has 4 rings (SSSR count). The maximum atomic E-state index is 14.6. The van der Waals surface area contributed by atoms with E-state index < -0.39 is 35.1 Å². The number of hydrogen-bond acceptors (Lipinski definition) is 4. The van der Waals surface area contributed by atoms with E-state index in [4.69, 9.17) is 11.6 Å². The minimum Gasteiger partial charge on any atom is -0.343 e. The highest BCUT2D eigenvalue weighted by Crippen LogP contribution is 2.46. The molecular formula is C23H21ClF4N4O. The molecule has 0 unspecified atom stereocenters. The molecule has 1 aromatic heterocycles. The van der Waals surface area contributed by atoms with Crippen molar-refractivity contribution in [1.82, 2.24) is 4.98 Å². The summed E-state index contributed by atoms with van der Waals surface area (Å²) in [6.07, 6.45) is -2.32. The first-order valence-corrected chi connectivity index (χ1v) is 10.9. The molecule has 10 heteroatoms. The first-order chi connectivity index (χ1) is 15.5. The van der Waals surface area contributed by atoms with Crippen molar-refractivity contribution in [1.29, 1.82) is 5.26 Å². The predicted molar refractivity (Wildman–Crippen MR) is 115 cm³/mol. The Balaban J connectivity index is 1.81. The normalized spacial score (nSPS) is 22.2. The van der Waals surface area contributed by atoms with Gasteiger partial charge in [0.25, 0.3) is 0 Å². The van der Waals surface area contributed by atoms with Crippen molar-refractivity contribution in [2.24, 2.45) is 11.8 Å². The van der Waals surface area contributed by atoms with Crippen LogP contribution >= 0.6 is 11.6 Å². The first kappa shape index (κ1) is 23.3. The number of anilines is 2. The van der Waals surface area contributed by atoms with Gasteiger partial charge in [-0.1, -0.05) is 24.1 Å². The number of benzene rings is 1. The molecule has 174 valence electrons. The van der Waals surface area contributed by atoms with Crippen LogP contribution in [0.1, 0.15) is 36.1 Å². The van der Waals surface area contributed by atoms with Crippen molar-refractivity contribution in [2.75, 3.05) is 23.4 Å². The summed E-state index contributed by atoms with van der Waals surface area (Å²) in [5.74, 6) is -1.46. The van der Waals surface area contributed by atoms with Crippen LogP contribution < -0.4 is 9.80 Å². The first-order valence-electron chi connectivity index (χ1n) is 10.5. The number of carbonyl (C=O) groups is 1. The SMILES string of the molecule is Cc1cc(C(F)(F)F)c(C#N)c(N2C[C@@H]3CCC[C@@H]3[C@H]2C(=O)N(C)c2cccc(Cl)c2F)n1. The summed E-state index contributed by atoms with van der Waals surface area (Å²) in [6, 6.07) is 5.91. The van der Waals surface area contributed by atoms with Crippen molar-refractivity contribution < 1.29 is 22.4 Å². The molecule has 1 saturated heterocycles. The predicted octanol–water partition coefficient (Wildman–Crippen LogP) is 5.34. The van der Waals surface area contributed by atoms with Gasteiger partial charge in [0.15, 0.2) is 5.82 Å². The highest BCUT2D eigenvalue weighted by atomic mass is 35.5. The number of halogens is 5. The van der Waals surface area contributed by atoms with Crippen LogP contribution in [0.4, 0.5) is 29.1 Å². The third kappa shape index (κ3) is 4.01. The minimum atomic E-state index is -4.75. The molecular weight excluding hydrogens is 460 g/mol. The summed E-state index contributed by atoms with van der Waals surface area (Å²) in [6.45, 7) is 1.72. The van der Waals surface area contributed by atoms with Crippen molar-refractivity contribution in [2.45, 2.75) is 38.4 Å². The zero-order chi connectivity index (χ0) is 24.1. The molecule has 0 radical (unpaired) electrons. The van der Waals surface area contributed by atoms with Gasteiger partial charge in [-0.25, -0.2) is 9.37 Å². The lowest BCUT2D eigenvalue weighted by atomic mass is 9.93. The molecule has 3 atom stereocenters.